The number of rotatable bonds is 5. The summed E-state index contributed by atoms with van der Waals surface area (Å²) in [5, 5.41) is 0. The Morgan fingerprint density at radius 2 is 1.94 bits per heavy atom. The molecule has 0 bridgehead atoms. The van der Waals surface area contributed by atoms with Gasteiger partial charge in [-0.2, -0.15) is 0 Å². The van der Waals surface area contributed by atoms with Crippen molar-refractivity contribution in [3.8, 4) is 11.5 Å². The summed E-state index contributed by atoms with van der Waals surface area (Å²) >= 11 is 2.39. The van der Waals surface area contributed by atoms with E-state index in [4.69, 9.17) is 9.47 Å². The van der Waals surface area contributed by atoms with Gasteiger partial charge in [0.2, 0.25) is 6.79 Å². The molecule has 0 radical (unpaired) electrons. The molecule has 2 rings (SSSR count). The molecule has 0 aromatic heterocycles. The second-order valence-electron chi connectivity index (χ2n) is 3.68. The van der Waals surface area contributed by atoms with Crippen LogP contribution >= 0.6 is 22.6 Å². The molecule has 0 aliphatic carbocycles. The van der Waals surface area contributed by atoms with E-state index in [2.05, 4.69) is 46.9 Å². The molecule has 1 aromatic rings. The Labute approximate surface area is 110 Å². The Bertz CT molecular complexity index is 374. The van der Waals surface area contributed by atoms with Gasteiger partial charge in [0.25, 0.3) is 0 Å². The highest BCUT2D eigenvalue weighted by atomic mass is 127. The van der Waals surface area contributed by atoms with Crippen LogP contribution in [0.2, 0.25) is 0 Å². The lowest BCUT2D eigenvalue weighted by Crippen LogP contribution is -1.92. The van der Waals surface area contributed by atoms with Crippen molar-refractivity contribution in [1.82, 2.24) is 0 Å². The van der Waals surface area contributed by atoms with Crippen LogP contribution < -0.4 is 9.47 Å². The zero-order valence-electron chi connectivity index (χ0n) is 9.12. The van der Waals surface area contributed by atoms with Crippen LogP contribution in [0.25, 0.3) is 0 Å². The Kier molecular flexibility index (Phi) is 4.51. The number of ether oxygens (including phenoxy) is 2. The van der Waals surface area contributed by atoms with Crippen molar-refractivity contribution < 1.29 is 9.47 Å². The molecule has 16 heavy (non-hydrogen) atoms. The first-order chi connectivity index (χ1) is 7.90. The molecule has 0 saturated carbocycles. The maximum atomic E-state index is 5.34. The van der Waals surface area contributed by atoms with Gasteiger partial charge in [-0.15, -0.1) is 0 Å². The fraction of sp³-hybridized carbons (Fsp3) is 0.385. The minimum Gasteiger partial charge on any atom is -0.454 e. The van der Waals surface area contributed by atoms with Crippen molar-refractivity contribution in [2.75, 3.05) is 11.2 Å². The first kappa shape index (κ1) is 11.8. The van der Waals surface area contributed by atoms with Crippen LogP contribution in [0.5, 0.6) is 11.5 Å². The zero-order chi connectivity index (χ0) is 11.2. The number of aryl methyl sites for hydroxylation is 1. The molecule has 86 valence electrons. The molecule has 0 fully saturated rings. The number of hydrogen-bond acceptors (Lipinski definition) is 2. The average Bonchev–Trinajstić information content (AvgIpc) is 2.76. The van der Waals surface area contributed by atoms with Crippen LogP contribution in [0.3, 0.4) is 0 Å². The summed E-state index contributed by atoms with van der Waals surface area (Å²) in [6.45, 7) is 0.356. The lowest BCUT2D eigenvalue weighted by molar-refractivity contribution is 0.174. The molecule has 1 heterocycles. The lowest BCUT2D eigenvalue weighted by Gasteiger charge is -2.00. The molecule has 0 N–H and O–H groups in total. The van der Waals surface area contributed by atoms with Gasteiger partial charge in [0.15, 0.2) is 11.5 Å². The molecular formula is C13H15IO2. The highest BCUT2D eigenvalue weighted by Crippen LogP contribution is 2.32. The molecule has 3 heteroatoms. The Morgan fingerprint density at radius 3 is 2.81 bits per heavy atom. The number of alkyl halides is 1. The van der Waals surface area contributed by atoms with Crippen LogP contribution in [-0.4, -0.2) is 11.2 Å². The fourth-order valence-electron chi connectivity index (χ4n) is 1.65. The van der Waals surface area contributed by atoms with Crippen LogP contribution in [0, 0.1) is 0 Å². The molecule has 0 unspecified atom stereocenters. The Hall–Kier alpha value is -0.710. The van der Waals surface area contributed by atoms with E-state index in [1.54, 1.807) is 0 Å². The van der Waals surface area contributed by atoms with Gasteiger partial charge in [0.05, 0.1) is 0 Å². The topological polar surface area (TPSA) is 18.5 Å². The molecule has 0 amide bonds. The van der Waals surface area contributed by atoms with Crippen molar-refractivity contribution in [3.63, 3.8) is 0 Å². The van der Waals surface area contributed by atoms with E-state index in [1.807, 2.05) is 6.07 Å². The number of fused-ring (bicyclic) bond motifs is 1. The van der Waals surface area contributed by atoms with Crippen molar-refractivity contribution in [1.29, 1.82) is 0 Å². The van der Waals surface area contributed by atoms with E-state index in [9.17, 15) is 0 Å². The Morgan fingerprint density at radius 1 is 1.12 bits per heavy atom. The van der Waals surface area contributed by atoms with Crippen LogP contribution in [0.1, 0.15) is 18.4 Å². The van der Waals surface area contributed by atoms with E-state index in [0.717, 1.165) is 24.3 Å². The van der Waals surface area contributed by atoms with Crippen molar-refractivity contribution >= 4 is 22.6 Å². The normalized spacial score (nSPS) is 13.6. The largest absolute Gasteiger partial charge is 0.454 e. The van der Waals surface area contributed by atoms with Gasteiger partial charge in [0.1, 0.15) is 0 Å². The van der Waals surface area contributed by atoms with Gasteiger partial charge < -0.3 is 9.47 Å². The standard InChI is InChI=1S/C13H15IO2/c14-8-4-2-1-3-5-11-6-7-12-13(9-11)16-10-15-12/h1-2,6-7,9H,3-5,8,10H2. The van der Waals surface area contributed by atoms with E-state index in [-0.39, 0.29) is 0 Å². The molecule has 0 spiro atoms. The van der Waals surface area contributed by atoms with Crippen LogP contribution in [-0.2, 0) is 6.42 Å². The summed E-state index contributed by atoms with van der Waals surface area (Å²) < 4.78 is 11.8. The maximum absolute atomic E-state index is 5.34. The van der Waals surface area contributed by atoms with Crippen LogP contribution in [0.15, 0.2) is 30.4 Å². The third-order valence-corrected chi connectivity index (χ3v) is 3.10. The van der Waals surface area contributed by atoms with Gasteiger partial charge in [-0.05, 0) is 37.0 Å². The van der Waals surface area contributed by atoms with Gasteiger partial charge in [-0.1, -0.05) is 40.8 Å². The summed E-state index contributed by atoms with van der Waals surface area (Å²) in [5.41, 5.74) is 1.31. The van der Waals surface area contributed by atoms with E-state index in [0.29, 0.717) is 6.79 Å². The number of allylic oxidation sites excluding steroid dienone is 2. The van der Waals surface area contributed by atoms with Crippen molar-refractivity contribution in [2.24, 2.45) is 0 Å². The summed E-state index contributed by atoms with van der Waals surface area (Å²) in [6, 6.07) is 6.18. The summed E-state index contributed by atoms with van der Waals surface area (Å²) in [4.78, 5) is 0. The zero-order valence-corrected chi connectivity index (χ0v) is 11.3. The molecule has 1 aliphatic heterocycles. The average molecular weight is 330 g/mol. The van der Waals surface area contributed by atoms with Gasteiger partial charge in [-0.25, -0.2) is 0 Å². The van der Waals surface area contributed by atoms with Gasteiger partial charge in [0, 0.05) is 4.43 Å². The molecule has 1 aromatic carbocycles. The van der Waals surface area contributed by atoms with Crippen LogP contribution in [0.4, 0.5) is 0 Å². The summed E-state index contributed by atoms with van der Waals surface area (Å²) in [6.07, 6.45) is 7.83. The molecule has 2 nitrogen and oxygen atoms in total. The highest BCUT2D eigenvalue weighted by molar-refractivity contribution is 14.1. The monoisotopic (exact) mass is 330 g/mol. The first-order valence-electron chi connectivity index (χ1n) is 5.49. The fourth-order valence-corrected chi connectivity index (χ4v) is 2.00. The second-order valence-corrected chi connectivity index (χ2v) is 4.75. The minimum absolute atomic E-state index is 0.356. The third kappa shape index (κ3) is 3.14. The number of halogens is 1. The minimum atomic E-state index is 0.356. The lowest BCUT2D eigenvalue weighted by atomic mass is 10.1. The maximum Gasteiger partial charge on any atom is 0.231 e. The molecule has 0 atom stereocenters. The van der Waals surface area contributed by atoms with Gasteiger partial charge >= 0.3 is 0 Å². The number of hydrogen-bond donors (Lipinski definition) is 0. The van der Waals surface area contributed by atoms with E-state index < -0.39 is 0 Å². The van der Waals surface area contributed by atoms with E-state index in [1.165, 1.54) is 16.4 Å². The Balaban J connectivity index is 1.86. The van der Waals surface area contributed by atoms with Crippen molar-refractivity contribution in [2.45, 2.75) is 19.3 Å². The SMILES string of the molecule is ICCC=CCCc1ccc2c(c1)OCO2. The first-order valence-corrected chi connectivity index (χ1v) is 7.02. The predicted octanol–water partition coefficient (Wildman–Crippen LogP) is 3.73. The third-order valence-electron chi connectivity index (χ3n) is 2.48. The smallest absolute Gasteiger partial charge is 0.231 e. The quantitative estimate of drug-likeness (QED) is 0.465. The molecule has 1 aliphatic rings. The summed E-state index contributed by atoms with van der Waals surface area (Å²) in [7, 11) is 0. The molecular weight excluding hydrogens is 315 g/mol. The van der Waals surface area contributed by atoms with Gasteiger partial charge in [-0.3, -0.25) is 0 Å². The molecule has 0 saturated heterocycles. The number of benzene rings is 1. The second kappa shape index (κ2) is 6.13. The van der Waals surface area contributed by atoms with E-state index >= 15 is 0 Å². The predicted molar refractivity (Wildman–Crippen MR) is 73.5 cm³/mol. The van der Waals surface area contributed by atoms with Crippen molar-refractivity contribution in [3.05, 3.63) is 35.9 Å². The highest BCUT2D eigenvalue weighted by Gasteiger charge is 2.12. The summed E-state index contributed by atoms with van der Waals surface area (Å²) in [5.74, 6) is 1.75.